The molecule has 174 valence electrons. The smallest absolute Gasteiger partial charge is 0.338 e. The lowest BCUT2D eigenvalue weighted by Crippen LogP contribution is -2.24. The third-order valence-electron chi connectivity index (χ3n) is 5.35. The Kier molecular flexibility index (Phi) is 7.13. The number of nitrogens with two attached hydrogens (primary N) is 1. The third kappa shape index (κ3) is 4.89. The highest BCUT2D eigenvalue weighted by Crippen LogP contribution is 2.33. The summed E-state index contributed by atoms with van der Waals surface area (Å²) >= 11 is 5.91. The van der Waals surface area contributed by atoms with Gasteiger partial charge in [0.15, 0.2) is 0 Å². The Morgan fingerprint density at radius 2 is 1.91 bits per heavy atom. The summed E-state index contributed by atoms with van der Waals surface area (Å²) in [5.41, 5.74) is 8.58. The average Bonchev–Trinajstić information content (AvgIpc) is 2.85. The molecule has 0 aliphatic carbocycles. The number of esters is 1. The van der Waals surface area contributed by atoms with Gasteiger partial charge in [0, 0.05) is 35.1 Å². The van der Waals surface area contributed by atoms with Gasteiger partial charge in [-0.15, -0.1) is 0 Å². The van der Waals surface area contributed by atoms with Crippen molar-refractivity contribution in [3.05, 3.63) is 87.8 Å². The standard InChI is InChI=1S/C26H24ClN3O4/c1-2-30-24-21(11-5-12-29-24)22(23(28)25(30)31)17-7-4-10-20(16-17)33-13-6-14-34-26(32)18-8-3-9-19(27)15-18/h3-5,7-12,15-16H,2,6,13-14,28H2,1H3. The zero-order valence-electron chi connectivity index (χ0n) is 18.7. The highest BCUT2D eigenvalue weighted by Gasteiger charge is 2.16. The number of rotatable bonds is 8. The summed E-state index contributed by atoms with van der Waals surface area (Å²) in [6, 6.07) is 17.7. The van der Waals surface area contributed by atoms with Crippen molar-refractivity contribution in [1.82, 2.24) is 9.55 Å². The minimum atomic E-state index is -0.428. The van der Waals surface area contributed by atoms with Crippen LogP contribution in [0.4, 0.5) is 5.69 Å². The Morgan fingerprint density at radius 1 is 1.09 bits per heavy atom. The number of carbonyl (C=O) groups excluding carboxylic acids is 1. The average molecular weight is 478 g/mol. The maximum atomic E-state index is 12.8. The molecule has 0 bridgehead atoms. The van der Waals surface area contributed by atoms with Crippen LogP contribution in [0.2, 0.25) is 5.02 Å². The van der Waals surface area contributed by atoms with Crippen LogP contribution in [-0.2, 0) is 11.3 Å². The van der Waals surface area contributed by atoms with E-state index in [1.54, 1.807) is 35.0 Å². The van der Waals surface area contributed by atoms with Crippen LogP contribution in [0.5, 0.6) is 5.75 Å². The van der Waals surface area contributed by atoms with E-state index in [1.807, 2.05) is 43.3 Å². The van der Waals surface area contributed by atoms with Crippen molar-refractivity contribution >= 4 is 34.3 Å². The lowest BCUT2D eigenvalue weighted by molar-refractivity contribution is 0.0486. The van der Waals surface area contributed by atoms with E-state index in [9.17, 15) is 9.59 Å². The van der Waals surface area contributed by atoms with Gasteiger partial charge >= 0.3 is 5.97 Å². The number of hydrogen-bond donors (Lipinski definition) is 1. The van der Waals surface area contributed by atoms with Crippen molar-refractivity contribution in [2.75, 3.05) is 18.9 Å². The van der Waals surface area contributed by atoms with Crippen LogP contribution in [0.1, 0.15) is 23.7 Å². The molecule has 7 nitrogen and oxygen atoms in total. The molecular formula is C26H24ClN3O4. The summed E-state index contributed by atoms with van der Waals surface area (Å²) < 4.78 is 12.7. The van der Waals surface area contributed by atoms with Gasteiger partial charge in [0.25, 0.3) is 5.56 Å². The number of carbonyl (C=O) groups is 1. The van der Waals surface area contributed by atoms with Crippen molar-refractivity contribution in [3.8, 4) is 16.9 Å². The molecular weight excluding hydrogens is 454 g/mol. The Hall–Kier alpha value is -3.84. The lowest BCUT2D eigenvalue weighted by Gasteiger charge is -2.15. The molecule has 4 aromatic rings. The molecule has 0 fully saturated rings. The molecule has 2 aromatic carbocycles. The number of aromatic nitrogens is 2. The number of nitrogen functional groups attached to an aromatic ring is 1. The normalized spacial score (nSPS) is 10.9. The predicted molar refractivity (Wildman–Crippen MR) is 133 cm³/mol. The first-order valence-corrected chi connectivity index (χ1v) is 11.3. The van der Waals surface area contributed by atoms with Crippen molar-refractivity contribution < 1.29 is 14.3 Å². The van der Waals surface area contributed by atoms with Gasteiger partial charge in [0.2, 0.25) is 0 Å². The van der Waals surface area contributed by atoms with E-state index in [2.05, 4.69) is 4.98 Å². The van der Waals surface area contributed by atoms with E-state index < -0.39 is 5.97 Å². The van der Waals surface area contributed by atoms with Crippen molar-refractivity contribution in [2.45, 2.75) is 19.9 Å². The van der Waals surface area contributed by atoms with Crippen LogP contribution < -0.4 is 16.0 Å². The fourth-order valence-electron chi connectivity index (χ4n) is 3.76. The molecule has 0 unspecified atom stereocenters. The molecule has 0 aliphatic heterocycles. The van der Waals surface area contributed by atoms with Gasteiger partial charge in [0.1, 0.15) is 17.1 Å². The van der Waals surface area contributed by atoms with Crippen LogP contribution >= 0.6 is 11.6 Å². The number of nitrogens with zero attached hydrogens (tertiary/aromatic N) is 2. The fraction of sp³-hybridized carbons (Fsp3) is 0.192. The Bertz CT molecular complexity index is 1400. The van der Waals surface area contributed by atoms with Gasteiger partial charge in [0.05, 0.1) is 18.8 Å². The summed E-state index contributed by atoms with van der Waals surface area (Å²) in [7, 11) is 0. The summed E-state index contributed by atoms with van der Waals surface area (Å²) in [6.07, 6.45) is 2.17. The first kappa shape index (κ1) is 23.3. The Labute approximate surface area is 201 Å². The number of pyridine rings is 2. The fourth-order valence-corrected chi connectivity index (χ4v) is 3.95. The molecule has 0 amide bonds. The maximum Gasteiger partial charge on any atom is 0.338 e. The molecule has 2 heterocycles. The van der Waals surface area contributed by atoms with Crippen LogP contribution in [0, 0.1) is 0 Å². The van der Waals surface area contributed by atoms with Crippen LogP contribution in [-0.4, -0.2) is 28.7 Å². The van der Waals surface area contributed by atoms with Crippen molar-refractivity contribution in [3.63, 3.8) is 0 Å². The minimum Gasteiger partial charge on any atom is -0.493 e. The van der Waals surface area contributed by atoms with E-state index in [-0.39, 0.29) is 17.9 Å². The van der Waals surface area contributed by atoms with Gasteiger partial charge in [-0.2, -0.15) is 0 Å². The van der Waals surface area contributed by atoms with E-state index in [0.717, 1.165) is 10.9 Å². The van der Waals surface area contributed by atoms with E-state index >= 15 is 0 Å². The molecule has 34 heavy (non-hydrogen) atoms. The van der Waals surface area contributed by atoms with Gasteiger partial charge in [-0.25, -0.2) is 9.78 Å². The summed E-state index contributed by atoms with van der Waals surface area (Å²) in [6.45, 7) is 2.92. The molecule has 2 N–H and O–H groups in total. The first-order valence-electron chi connectivity index (χ1n) is 10.9. The van der Waals surface area contributed by atoms with Crippen LogP contribution in [0.3, 0.4) is 0 Å². The molecule has 0 saturated carbocycles. The highest BCUT2D eigenvalue weighted by atomic mass is 35.5. The predicted octanol–water partition coefficient (Wildman–Crippen LogP) is 4.94. The van der Waals surface area contributed by atoms with E-state index in [4.69, 9.17) is 26.8 Å². The molecule has 0 radical (unpaired) electrons. The van der Waals surface area contributed by atoms with E-state index in [0.29, 0.717) is 47.1 Å². The highest BCUT2D eigenvalue weighted by molar-refractivity contribution is 6.30. The Morgan fingerprint density at radius 3 is 2.71 bits per heavy atom. The molecule has 2 aromatic heterocycles. The molecule has 8 heteroatoms. The second-order valence-electron chi connectivity index (χ2n) is 7.59. The summed E-state index contributed by atoms with van der Waals surface area (Å²) in [5, 5.41) is 1.28. The second-order valence-corrected chi connectivity index (χ2v) is 8.03. The minimum absolute atomic E-state index is 0.174. The number of hydrogen-bond acceptors (Lipinski definition) is 6. The third-order valence-corrected chi connectivity index (χ3v) is 5.58. The number of anilines is 1. The number of halogens is 1. The zero-order valence-corrected chi connectivity index (χ0v) is 19.4. The number of benzene rings is 2. The molecule has 4 rings (SSSR count). The van der Waals surface area contributed by atoms with E-state index in [1.165, 1.54) is 0 Å². The summed E-state index contributed by atoms with van der Waals surface area (Å²) in [5.74, 6) is 0.192. The summed E-state index contributed by atoms with van der Waals surface area (Å²) in [4.78, 5) is 29.3. The van der Waals surface area contributed by atoms with Crippen LogP contribution in [0.25, 0.3) is 22.2 Å². The van der Waals surface area contributed by atoms with Gasteiger partial charge in [-0.1, -0.05) is 29.8 Å². The van der Waals surface area contributed by atoms with Gasteiger partial charge < -0.3 is 15.2 Å². The zero-order chi connectivity index (χ0) is 24.1. The SMILES string of the molecule is CCn1c(=O)c(N)c(-c2cccc(OCCCOC(=O)c3cccc(Cl)c3)c2)c2cccnc21. The monoisotopic (exact) mass is 477 g/mol. The molecule has 0 atom stereocenters. The number of aryl methyl sites for hydroxylation is 1. The number of fused-ring (bicyclic) bond motifs is 1. The molecule has 0 aliphatic rings. The first-order chi connectivity index (χ1) is 16.5. The second kappa shape index (κ2) is 10.4. The largest absolute Gasteiger partial charge is 0.493 e. The van der Waals surface area contributed by atoms with Crippen molar-refractivity contribution in [2.24, 2.45) is 0 Å². The topological polar surface area (TPSA) is 96.4 Å². The van der Waals surface area contributed by atoms with Gasteiger partial charge in [-0.3, -0.25) is 9.36 Å². The lowest BCUT2D eigenvalue weighted by atomic mass is 10.0. The maximum absolute atomic E-state index is 12.8. The number of ether oxygens (including phenoxy) is 2. The van der Waals surface area contributed by atoms with Gasteiger partial charge in [-0.05, 0) is 55.0 Å². The Balaban J connectivity index is 1.45. The van der Waals surface area contributed by atoms with Crippen LogP contribution in [0.15, 0.2) is 71.7 Å². The van der Waals surface area contributed by atoms with Crippen molar-refractivity contribution in [1.29, 1.82) is 0 Å². The quantitative estimate of drug-likeness (QED) is 0.285. The molecule has 0 spiro atoms. The molecule has 0 saturated heterocycles.